The van der Waals surface area contributed by atoms with E-state index in [9.17, 15) is 4.79 Å². The van der Waals surface area contributed by atoms with Crippen molar-refractivity contribution < 1.29 is 9.53 Å². The van der Waals surface area contributed by atoms with Crippen LogP contribution in [-0.4, -0.2) is 30.2 Å². The molecule has 0 radical (unpaired) electrons. The fourth-order valence-corrected chi connectivity index (χ4v) is 1.92. The van der Waals surface area contributed by atoms with Crippen molar-refractivity contribution in [3.05, 3.63) is 37.0 Å². The lowest BCUT2D eigenvalue weighted by Gasteiger charge is -2.32. The maximum Gasteiger partial charge on any atom is 0.410 e. The number of nitrogens with zero attached hydrogens (tertiary/aromatic N) is 1. The van der Waals surface area contributed by atoms with E-state index in [1.54, 1.807) is 23.1 Å². The maximum absolute atomic E-state index is 11.8. The molecule has 0 aromatic heterocycles. The Kier molecular flexibility index (Phi) is 5.53. The molecule has 1 saturated heterocycles. The largest absolute Gasteiger partial charge is 0.445 e. The highest BCUT2D eigenvalue weighted by molar-refractivity contribution is 5.68. The molecule has 0 spiro atoms. The predicted molar refractivity (Wildman–Crippen MR) is 69.8 cm³/mol. The molecule has 1 heterocycles. The minimum atomic E-state index is -0.228. The summed E-state index contributed by atoms with van der Waals surface area (Å²) < 4.78 is 5.26. The number of hydrogen-bond acceptors (Lipinski definition) is 2. The smallest absolute Gasteiger partial charge is 0.410 e. The van der Waals surface area contributed by atoms with Crippen LogP contribution in [0.25, 0.3) is 0 Å². The number of ether oxygens (including phenoxy) is 1. The van der Waals surface area contributed by atoms with Crippen LogP contribution < -0.4 is 0 Å². The number of allylic oxidation sites excluding steroid dienone is 2. The Morgan fingerprint density at radius 1 is 1.47 bits per heavy atom. The van der Waals surface area contributed by atoms with E-state index in [1.165, 1.54) is 6.42 Å². The number of hydrogen-bond donors (Lipinski definition) is 0. The second-order valence-corrected chi connectivity index (χ2v) is 4.27. The Morgan fingerprint density at radius 3 is 2.82 bits per heavy atom. The van der Waals surface area contributed by atoms with Gasteiger partial charge < -0.3 is 9.64 Å². The van der Waals surface area contributed by atoms with Crippen molar-refractivity contribution >= 4 is 6.09 Å². The highest BCUT2D eigenvalue weighted by Gasteiger charge is 2.24. The van der Waals surface area contributed by atoms with Crippen LogP contribution in [0, 0.1) is 0 Å². The summed E-state index contributed by atoms with van der Waals surface area (Å²) in [5, 5.41) is 0. The second kappa shape index (κ2) is 6.94. The lowest BCUT2D eigenvalue weighted by atomic mass is 10.0. The minimum Gasteiger partial charge on any atom is -0.445 e. The molecule has 3 heteroatoms. The monoisotopic (exact) mass is 235 g/mol. The molecule has 0 aliphatic carbocycles. The zero-order valence-electron chi connectivity index (χ0n) is 10.5. The second-order valence-electron chi connectivity index (χ2n) is 4.27. The molecule has 17 heavy (non-hydrogen) atoms. The van der Waals surface area contributed by atoms with Gasteiger partial charge in [-0.1, -0.05) is 31.4 Å². The molecule has 3 nitrogen and oxygen atoms in total. The fourth-order valence-electron chi connectivity index (χ4n) is 1.92. The Bertz CT molecular complexity index is 320. The Morgan fingerprint density at radius 2 is 2.24 bits per heavy atom. The zero-order chi connectivity index (χ0) is 12.7. The van der Waals surface area contributed by atoms with Crippen LogP contribution in [0.5, 0.6) is 0 Å². The quantitative estimate of drug-likeness (QED) is 0.700. The average Bonchev–Trinajstić information content (AvgIpc) is 2.34. The van der Waals surface area contributed by atoms with Crippen molar-refractivity contribution in [3.63, 3.8) is 0 Å². The third-order valence-electron chi connectivity index (χ3n) is 2.99. The third kappa shape index (κ3) is 4.10. The molecular weight excluding hydrogens is 214 g/mol. The van der Waals surface area contributed by atoms with Gasteiger partial charge in [0.25, 0.3) is 0 Å². The van der Waals surface area contributed by atoms with E-state index < -0.39 is 0 Å². The number of piperidine rings is 1. The van der Waals surface area contributed by atoms with Gasteiger partial charge in [0.15, 0.2) is 0 Å². The summed E-state index contributed by atoms with van der Waals surface area (Å²) in [5.74, 6) is 0. The third-order valence-corrected chi connectivity index (χ3v) is 2.99. The molecule has 0 aromatic carbocycles. The first-order valence-corrected chi connectivity index (χ1v) is 6.06. The lowest BCUT2D eigenvalue weighted by molar-refractivity contribution is 0.0841. The van der Waals surface area contributed by atoms with Gasteiger partial charge in [0.1, 0.15) is 6.61 Å². The van der Waals surface area contributed by atoms with Crippen LogP contribution in [0.4, 0.5) is 4.79 Å². The summed E-state index contributed by atoms with van der Waals surface area (Å²) in [7, 11) is 0. The van der Waals surface area contributed by atoms with Crippen molar-refractivity contribution in [2.75, 3.05) is 13.2 Å². The van der Waals surface area contributed by atoms with Crippen LogP contribution in [0.15, 0.2) is 37.0 Å². The van der Waals surface area contributed by atoms with Crippen LogP contribution in [0.2, 0.25) is 0 Å². The first-order valence-electron chi connectivity index (χ1n) is 6.06. The van der Waals surface area contributed by atoms with Gasteiger partial charge in [-0.05, 0) is 31.8 Å². The van der Waals surface area contributed by atoms with Gasteiger partial charge in [0, 0.05) is 12.6 Å². The molecule has 1 atom stereocenters. The first kappa shape index (κ1) is 13.6. The van der Waals surface area contributed by atoms with Crippen LogP contribution in [-0.2, 0) is 4.74 Å². The van der Waals surface area contributed by atoms with Crippen molar-refractivity contribution in [1.29, 1.82) is 0 Å². The molecule has 1 amide bonds. The summed E-state index contributed by atoms with van der Waals surface area (Å²) in [6.45, 7) is 10.4. The van der Waals surface area contributed by atoms with Crippen LogP contribution in [0.1, 0.15) is 26.2 Å². The fraction of sp³-hybridized carbons (Fsp3) is 0.500. The summed E-state index contributed by atoms with van der Waals surface area (Å²) in [4.78, 5) is 13.7. The Balaban J connectivity index is 2.45. The topological polar surface area (TPSA) is 29.5 Å². The Hall–Kier alpha value is -1.51. The summed E-state index contributed by atoms with van der Waals surface area (Å²) in [6.07, 6.45) is 8.22. The average molecular weight is 235 g/mol. The summed E-state index contributed by atoms with van der Waals surface area (Å²) in [6, 6.07) is 0.284. The van der Waals surface area contributed by atoms with E-state index in [0.717, 1.165) is 25.0 Å². The molecule has 94 valence electrons. The van der Waals surface area contributed by atoms with E-state index in [1.807, 2.05) is 0 Å². The van der Waals surface area contributed by atoms with E-state index >= 15 is 0 Å². The van der Waals surface area contributed by atoms with Gasteiger partial charge in [-0.25, -0.2) is 4.79 Å². The molecule has 0 N–H and O–H groups in total. The van der Waals surface area contributed by atoms with Crippen molar-refractivity contribution in [3.8, 4) is 0 Å². The van der Waals surface area contributed by atoms with Crippen molar-refractivity contribution in [2.24, 2.45) is 0 Å². The molecule has 1 aliphatic heterocycles. The SMILES string of the molecule is C=C/C=C(\C=C)COC(=O)N1CCCCC1C. The maximum atomic E-state index is 11.8. The van der Waals surface area contributed by atoms with Crippen molar-refractivity contribution in [2.45, 2.75) is 32.2 Å². The van der Waals surface area contributed by atoms with Crippen LogP contribution >= 0.6 is 0 Å². The highest BCUT2D eigenvalue weighted by atomic mass is 16.6. The lowest BCUT2D eigenvalue weighted by Crippen LogP contribution is -2.42. The van der Waals surface area contributed by atoms with Gasteiger partial charge in [-0.2, -0.15) is 0 Å². The molecular formula is C14H21NO2. The predicted octanol–water partition coefficient (Wildman–Crippen LogP) is 3.30. The standard InChI is InChI=1S/C14H21NO2/c1-4-8-13(5-2)11-17-14(16)15-10-7-6-9-12(15)3/h4-5,8,12H,1-2,6-7,9-11H2,3H3/b13-8+. The van der Waals surface area contributed by atoms with Gasteiger partial charge >= 0.3 is 6.09 Å². The van der Waals surface area contributed by atoms with Gasteiger partial charge in [0.2, 0.25) is 0 Å². The molecule has 1 fully saturated rings. The number of carbonyl (C=O) groups excluding carboxylic acids is 1. The van der Waals surface area contributed by atoms with Gasteiger partial charge in [-0.3, -0.25) is 0 Å². The summed E-state index contributed by atoms with van der Waals surface area (Å²) in [5.41, 5.74) is 0.859. The first-order chi connectivity index (χ1) is 8.19. The van der Waals surface area contributed by atoms with E-state index in [-0.39, 0.29) is 18.7 Å². The number of carbonyl (C=O) groups is 1. The van der Waals surface area contributed by atoms with E-state index in [4.69, 9.17) is 4.74 Å². The molecule has 0 bridgehead atoms. The molecule has 1 aliphatic rings. The van der Waals surface area contributed by atoms with E-state index in [0.29, 0.717) is 0 Å². The number of likely N-dealkylation sites (tertiary alicyclic amines) is 1. The Labute approximate surface area is 103 Å². The number of amides is 1. The minimum absolute atomic E-state index is 0.228. The van der Waals surface area contributed by atoms with Crippen molar-refractivity contribution in [1.82, 2.24) is 4.90 Å². The molecule has 1 unspecified atom stereocenters. The zero-order valence-corrected chi connectivity index (χ0v) is 10.5. The normalized spacial score (nSPS) is 20.9. The molecule has 0 aromatic rings. The highest BCUT2D eigenvalue weighted by Crippen LogP contribution is 2.17. The van der Waals surface area contributed by atoms with Gasteiger partial charge in [-0.15, -0.1) is 0 Å². The van der Waals surface area contributed by atoms with Crippen LogP contribution in [0.3, 0.4) is 0 Å². The van der Waals surface area contributed by atoms with E-state index in [2.05, 4.69) is 20.1 Å². The molecule has 0 saturated carbocycles. The number of rotatable bonds is 4. The summed E-state index contributed by atoms with van der Waals surface area (Å²) >= 11 is 0. The van der Waals surface area contributed by atoms with Gasteiger partial charge in [0.05, 0.1) is 0 Å². The molecule has 1 rings (SSSR count).